The molecule has 1 fully saturated rings. The molecule has 2 aliphatic heterocycles. The highest BCUT2D eigenvalue weighted by Gasteiger charge is 2.19. The van der Waals surface area contributed by atoms with Gasteiger partial charge in [-0.05, 0) is 24.0 Å². The second kappa shape index (κ2) is 6.14. The molecule has 8 heteroatoms. The first-order chi connectivity index (χ1) is 12.7. The summed E-state index contributed by atoms with van der Waals surface area (Å²) in [6.07, 6.45) is 2.41. The molecule has 0 saturated carbocycles. The van der Waals surface area contributed by atoms with Gasteiger partial charge in [0.05, 0.1) is 41.0 Å². The van der Waals surface area contributed by atoms with Crippen LogP contribution >= 0.6 is 11.8 Å². The number of halogens is 1. The van der Waals surface area contributed by atoms with Gasteiger partial charge in [-0.3, -0.25) is 14.9 Å². The Morgan fingerprint density at radius 1 is 1.23 bits per heavy atom. The van der Waals surface area contributed by atoms with E-state index in [1.165, 1.54) is 6.07 Å². The summed E-state index contributed by atoms with van der Waals surface area (Å²) in [7, 11) is 0. The van der Waals surface area contributed by atoms with Crippen LogP contribution in [0.15, 0.2) is 28.5 Å². The van der Waals surface area contributed by atoms with Gasteiger partial charge < -0.3 is 9.64 Å². The number of H-pyrrole nitrogens is 1. The summed E-state index contributed by atoms with van der Waals surface area (Å²) in [6, 6.07) is 3.24. The number of anilines is 1. The van der Waals surface area contributed by atoms with Crippen molar-refractivity contribution in [2.75, 3.05) is 37.0 Å². The van der Waals surface area contributed by atoms with Crippen LogP contribution in [-0.4, -0.2) is 46.8 Å². The lowest BCUT2D eigenvalue weighted by Gasteiger charge is -2.29. The van der Waals surface area contributed by atoms with Gasteiger partial charge in [0.25, 0.3) is 5.56 Å². The number of benzene rings is 1. The van der Waals surface area contributed by atoms with E-state index in [2.05, 4.69) is 10.1 Å². The number of ether oxygens (including phenoxy) is 1. The average molecular weight is 372 g/mol. The number of nitrogens with zero attached hydrogens (tertiary/aromatic N) is 3. The molecule has 26 heavy (non-hydrogen) atoms. The third-order valence-corrected chi connectivity index (χ3v) is 5.81. The summed E-state index contributed by atoms with van der Waals surface area (Å²) >= 11 is 1.69. The average Bonchev–Trinajstić information content (AvgIpc) is 3.30. The first-order valence-corrected chi connectivity index (χ1v) is 9.64. The molecule has 1 N–H and O–H groups in total. The molecule has 0 unspecified atom stereocenters. The molecule has 134 valence electrons. The number of aromatic amines is 1. The Labute approximate surface area is 152 Å². The zero-order valence-electron chi connectivity index (χ0n) is 14.0. The lowest BCUT2D eigenvalue weighted by Crippen LogP contribution is -2.36. The van der Waals surface area contributed by atoms with Crippen molar-refractivity contribution in [2.24, 2.45) is 0 Å². The fourth-order valence-corrected chi connectivity index (χ4v) is 4.42. The van der Waals surface area contributed by atoms with Crippen molar-refractivity contribution < 1.29 is 9.13 Å². The summed E-state index contributed by atoms with van der Waals surface area (Å²) in [5.41, 5.74) is 2.63. The highest BCUT2D eigenvalue weighted by Crippen LogP contribution is 2.30. The van der Waals surface area contributed by atoms with E-state index in [-0.39, 0.29) is 11.4 Å². The smallest absolute Gasteiger partial charge is 0.280 e. The van der Waals surface area contributed by atoms with Gasteiger partial charge in [-0.1, -0.05) is 0 Å². The molecular weight excluding hydrogens is 355 g/mol. The lowest BCUT2D eigenvalue weighted by molar-refractivity contribution is 0.122. The summed E-state index contributed by atoms with van der Waals surface area (Å²) in [6.45, 7) is 2.49. The van der Waals surface area contributed by atoms with Crippen LogP contribution in [0, 0.1) is 5.82 Å². The van der Waals surface area contributed by atoms with E-state index in [4.69, 9.17) is 4.74 Å². The predicted octanol–water partition coefficient (Wildman–Crippen LogP) is 2.79. The number of hydrogen-bond acceptors (Lipinski definition) is 5. The monoisotopic (exact) mass is 372 g/mol. The molecule has 0 bridgehead atoms. The number of hydrogen-bond donors (Lipinski definition) is 1. The zero-order valence-corrected chi connectivity index (χ0v) is 14.8. The molecule has 0 radical (unpaired) electrons. The summed E-state index contributed by atoms with van der Waals surface area (Å²) in [5, 5.41) is 6.25. The topological polar surface area (TPSA) is 63.2 Å². The number of rotatable bonds is 2. The van der Waals surface area contributed by atoms with Crippen LogP contribution < -0.4 is 10.5 Å². The van der Waals surface area contributed by atoms with Crippen molar-refractivity contribution in [1.29, 1.82) is 0 Å². The van der Waals surface area contributed by atoms with Crippen LogP contribution in [0.3, 0.4) is 0 Å². The molecule has 4 heterocycles. The van der Waals surface area contributed by atoms with Crippen LogP contribution in [0.4, 0.5) is 10.1 Å². The number of allylic oxidation sites excluding steroid dienone is 1. The molecule has 0 amide bonds. The van der Waals surface area contributed by atoms with Gasteiger partial charge in [0.15, 0.2) is 0 Å². The third kappa shape index (κ3) is 2.44. The molecule has 2 aromatic heterocycles. The molecule has 6 nitrogen and oxygen atoms in total. The maximum absolute atomic E-state index is 14.8. The van der Waals surface area contributed by atoms with E-state index in [0.29, 0.717) is 53.8 Å². The highest BCUT2D eigenvalue weighted by molar-refractivity contribution is 8.02. The van der Waals surface area contributed by atoms with E-state index >= 15 is 0 Å². The van der Waals surface area contributed by atoms with Crippen molar-refractivity contribution in [1.82, 2.24) is 14.8 Å². The Kier molecular flexibility index (Phi) is 3.75. The molecule has 0 atom stereocenters. The third-order valence-electron chi connectivity index (χ3n) is 4.93. The second-order valence-electron chi connectivity index (χ2n) is 6.45. The first-order valence-electron chi connectivity index (χ1n) is 8.59. The first kappa shape index (κ1) is 15.9. The van der Waals surface area contributed by atoms with Gasteiger partial charge in [0, 0.05) is 30.4 Å². The van der Waals surface area contributed by atoms with Gasteiger partial charge in [0.2, 0.25) is 0 Å². The van der Waals surface area contributed by atoms with Gasteiger partial charge in [-0.2, -0.15) is 0 Å². The van der Waals surface area contributed by atoms with Crippen LogP contribution in [0.5, 0.6) is 0 Å². The Balaban J connectivity index is 1.69. The number of aromatic nitrogens is 3. The summed E-state index contributed by atoms with van der Waals surface area (Å²) in [5.74, 6) is 0.658. The number of fused-ring (bicyclic) bond motifs is 3. The fourth-order valence-electron chi connectivity index (χ4n) is 3.56. The van der Waals surface area contributed by atoms with Crippen molar-refractivity contribution in [3.05, 3.63) is 39.9 Å². The molecule has 3 aromatic rings. The Morgan fingerprint density at radius 3 is 2.85 bits per heavy atom. The van der Waals surface area contributed by atoms with E-state index in [0.717, 1.165) is 17.9 Å². The molecular formula is C18H17FN4O2S. The van der Waals surface area contributed by atoms with Crippen molar-refractivity contribution in [3.8, 4) is 0 Å². The maximum Gasteiger partial charge on any atom is 0.280 e. The Bertz CT molecular complexity index is 1100. The minimum absolute atomic E-state index is 0.138. The number of pyridine rings is 1. The zero-order chi connectivity index (χ0) is 17.7. The largest absolute Gasteiger partial charge is 0.378 e. The summed E-state index contributed by atoms with van der Waals surface area (Å²) in [4.78, 5) is 19.1. The van der Waals surface area contributed by atoms with Crippen LogP contribution in [0.25, 0.3) is 27.5 Å². The van der Waals surface area contributed by atoms with Gasteiger partial charge in [-0.25, -0.2) is 9.07 Å². The van der Waals surface area contributed by atoms with E-state index in [1.807, 2.05) is 10.3 Å². The van der Waals surface area contributed by atoms with Crippen molar-refractivity contribution in [3.63, 3.8) is 0 Å². The van der Waals surface area contributed by atoms with E-state index in [9.17, 15) is 9.18 Å². The lowest BCUT2D eigenvalue weighted by atomic mass is 10.1. The van der Waals surface area contributed by atoms with Gasteiger partial charge >= 0.3 is 0 Å². The molecule has 5 rings (SSSR count). The van der Waals surface area contributed by atoms with Gasteiger partial charge in [0.1, 0.15) is 5.82 Å². The minimum Gasteiger partial charge on any atom is -0.378 e. The Morgan fingerprint density at radius 2 is 2.08 bits per heavy atom. The summed E-state index contributed by atoms with van der Waals surface area (Å²) < 4.78 is 21.7. The predicted molar refractivity (Wildman–Crippen MR) is 102 cm³/mol. The van der Waals surface area contributed by atoms with E-state index < -0.39 is 0 Å². The fraction of sp³-hybridized carbons (Fsp3) is 0.333. The highest BCUT2D eigenvalue weighted by atomic mass is 32.2. The number of thioether (sulfide) groups is 1. The standard InChI is InChI=1S/C18H17FN4O2S/c19-14-7-12-15(8-16(14)22-2-4-25-5-3-22)20-9-13-17(12)21-23(18(13)24)11-1-6-26-10-11/h7-10,21H,1-6H2. The maximum atomic E-state index is 14.8. The van der Waals surface area contributed by atoms with Gasteiger partial charge in [-0.15, -0.1) is 11.8 Å². The number of morpholine rings is 1. The van der Waals surface area contributed by atoms with Crippen molar-refractivity contribution in [2.45, 2.75) is 6.42 Å². The molecule has 1 saturated heterocycles. The van der Waals surface area contributed by atoms with E-state index in [1.54, 1.807) is 28.7 Å². The SMILES string of the molecule is O=c1c2cnc3cc(N4CCOCC4)c(F)cc3c2[nH]n1C1=CSCC1. The second-order valence-corrected chi connectivity index (χ2v) is 7.43. The van der Waals surface area contributed by atoms with Crippen LogP contribution in [-0.2, 0) is 4.74 Å². The van der Waals surface area contributed by atoms with Crippen molar-refractivity contribution >= 4 is 45.0 Å². The van der Waals surface area contributed by atoms with Crippen LogP contribution in [0.2, 0.25) is 0 Å². The Hall–Kier alpha value is -2.32. The minimum atomic E-state index is -0.307. The molecule has 0 spiro atoms. The molecule has 2 aliphatic rings. The van der Waals surface area contributed by atoms with Crippen LogP contribution in [0.1, 0.15) is 6.42 Å². The molecule has 0 aliphatic carbocycles. The molecule has 1 aromatic carbocycles. The quantitative estimate of drug-likeness (QED) is 0.749. The normalized spacial score (nSPS) is 18.0. The number of nitrogens with one attached hydrogen (secondary N) is 1.